The smallest absolute Gasteiger partial charge is 0.230 e. The number of nitrogen functional groups attached to an aromatic ring is 1. The molecule has 0 fully saturated rings. The number of thioether (sulfide) groups is 1. The lowest BCUT2D eigenvalue weighted by Crippen LogP contribution is -2.28. The standard InChI is InChI=1S/C17H20N4O3S/c1-10-7-15(18)21-17(19-10)25-9-16(22)20-11(2)12-3-4-13-14(8-12)24-6-5-23-13/h3-4,7-8,11H,5-6,9H2,1-2H3,(H,20,22)(H2,18,19,21)/t11-/m1/s1. The van der Waals surface area contributed by atoms with Crippen LogP contribution in [0.15, 0.2) is 29.4 Å². The summed E-state index contributed by atoms with van der Waals surface area (Å²) in [4.78, 5) is 20.5. The third kappa shape index (κ3) is 4.54. The second kappa shape index (κ2) is 7.60. The molecule has 0 radical (unpaired) electrons. The van der Waals surface area contributed by atoms with E-state index in [0.717, 1.165) is 17.0 Å². The highest BCUT2D eigenvalue weighted by molar-refractivity contribution is 7.99. The van der Waals surface area contributed by atoms with Crippen molar-refractivity contribution >= 4 is 23.5 Å². The third-order valence-corrected chi connectivity index (χ3v) is 4.48. The van der Waals surface area contributed by atoms with Crippen LogP contribution in [0, 0.1) is 6.92 Å². The number of hydrogen-bond acceptors (Lipinski definition) is 7. The van der Waals surface area contributed by atoms with Crippen molar-refractivity contribution in [3.8, 4) is 11.5 Å². The molecular weight excluding hydrogens is 340 g/mol. The molecule has 1 amide bonds. The Morgan fingerprint density at radius 2 is 2.04 bits per heavy atom. The van der Waals surface area contributed by atoms with Gasteiger partial charge in [0, 0.05) is 11.8 Å². The quantitative estimate of drug-likeness (QED) is 0.622. The van der Waals surface area contributed by atoms with E-state index in [1.165, 1.54) is 11.8 Å². The van der Waals surface area contributed by atoms with E-state index in [0.29, 0.717) is 29.9 Å². The van der Waals surface area contributed by atoms with E-state index >= 15 is 0 Å². The lowest BCUT2D eigenvalue weighted by atomic mass is 10.1. The normalized spacial score (nSPS) is 14.0. The lowest BCUT2D eigenvalue weighted by molar-refractivity contribution is -0.119. The first kappa shape index (κ1) is 17.3. The SMILES string of the molecule is Cc1cc(N)nc(SCC(=O)N[C@H](C)c2ccc3c(c2)OCCO3)n1. The van der Waals surface area contributed by atoms with E-state index in [1.54, 1.807) is 6.07 Å². The first-order valence-electron chi connectivity index (χ1n) is 7.94. The molecule has 132 valence electrons. The van der Waals surface area contributed by atoms with Crippen LogP contribution >= 0.6 is 11.8 Å². The monoisotopic (exact) mass is 360 g/mol. The molecule has 3 rings (SSSR count). The largest absolute Gasteiger partial charge is 0.486 e. The second-order valence-electron chi connectivity index (χ2n) is 5.70. The summed E-state index contributed by atoms with van der Waals surface area (Å²) >= 11 is 1.26. The van der Waals surface area contributed by atoms with E-state index in [4.69, 9.17) is 15.2 Å². The Kier molecular flexibility index (Phi) is 5.28. The topological polar surface area (TPSA) is 99.4 Å². The summed E-state index contributed by atoms with van der Waals surface area (Å²) in [5.74, 6) is 1.97. The van der Waals surface area contributed by atoms with E-state index < -0.39 is 0 Å². The van der Waals surface area contributed by atoms with Crippen LogP contribution in [0.3, 0.4) is 0 Å². The number of nitrogens with two attached hydrogens (primary N) is 1. The number of amides is 1. The number of hydrogen-bond donors (Lipinski definition) is 2. The fraction of sp³-hybridized carbons (Fsp3) is 0.353. The Morgan fingerprint density at radius 3 is 2.80 bits per heavy atom. The molecule has 1 aromatic heterocycles. The minimum atomic E-state index is -0.146. The summed E-state index contributed by atoms with van der Waals surface area (Å²) in [5.41, 5.74) is 7.43. The van der Waals surface area contributed by atoms with Gasteiger partial charge in [0.15, 0.2) is 16.7 Å². The third-order valence-electron chi connectivity index (χ3n) is 3.63. The predicted molar refractivity (Wildman–Crippen MR) is 95.9 cm³/mol. The minimum absolute atomic E-state index is 0.101. The summed E-state index contributed by atoms with van der Waals surface area (Å²) in [7, 11) is 0. The Morgan fingerprint density at radius 1 is 1.28 bits per heavy atom. The van der Waals surface area contributed by atoms with E-state index in [-0.39, 0.29) is 17.7 Å². The average molecular weight is 360 g/mol. The highest BCUT2D eigenvalue weighted by Gasteiger charge is 2.16. The molecule has 1 aliphatic rings. The molecule has 25 heavy (non-hydrogen) atoms. The number of benzene rings is 1. The molecule has 1 aromatic carbocycles. The van der Waals surface area contributed by atoms with Gasteiger partial charge in [0.2, 0.25) is 5.91 Å². The van der Waals surface area contributed by atoms with E-state index in [2.05, 4.69) is 15.3 Å². The zero-order valence-electron chi connectivity index (χ0n) is 14.1. The summed E-state index contributed by atoms with van der Waals surface area (Å²) in [6, 6.07) is 7.23. The van der Waals surface area contributed by atoms with E-state index in [9.17, 15) is 4.79 Å². The van der Waals surface area contributed by atoms with Crippen molar-refractivity contribution < 1.29 is 14.3 Å². The summed E-state index contributed by atoms with van der Waals surface area (Å²) in [5, 5.41) is 3.46. The van der Waals surface area contributed by atoms with E-state index in [1.807, 2.05) is 32.0 Å². The molecular formula is C17H20N4O3S. The maximum absolute atomic E-state index is 12.2. The molecule has 3 N–H and O–H groups in total. The van der Waals surface area contributed by atoms with Crippen molar-refractivity contribution in [2.45, 2.75) is 25.0 Å². The Bertz CT molecular complexity index is 764. The molecule has 2 aromatic rings. The van der Waals surface area contributed by atoms with Crippen LogP contribution in [0.2, 0.25) is 0 Å². The van der Waals surface area contributed by atoms with Gasteiger partial charge < -0.3 is 20.5 Å². The zero-order valence-corrected chi connectivity index (χ0v) is 14.9. The van der Waals surface area contributed by atoms with Gasteiger partial charge >= 0.3 is 0 Å². The molecule has 0 saturated carbocycles. The fourth-order valence-corrected chi connectivity index (χ4v) is 3.18. The van der Waals surface area contributed by atoms with Gasteiger partial charge in [-0.3, -0.25) is 4.79 Å². The van der Waals surface area contributed by atoms with Gasteiger partial charge in [-0.15, -0.1) is 0 Å². The molecule has 0 saturated heterocycles. The minimum Gasteiger partial charge on any atom is -0.486 e. The number of carbonyl (C=O) groups excluding carboxylic acids is 1. The molecule has 2 heterocycles. The Labute approximate surface area is 150 Å². The molecule has 0 aliphatic carbocycles. The number of aryl methyl sites for hydroxylation is 1. The van der Waals surface area contributed by atoms with Gasteiger partial charge in [-0.1, -0.05) is 17.8 Å². The van der Waals surface area contributed by atoms with Crippen LogP contribution in [-0.4, -0.2) is 34.8 Å². The maximum Gasteiger partial charge on any atom is 0.230 e. The molecule has 7 nitrogen and oxygen atoms in total. The van der Waals surface area contributed by atoms with Gasteiger partial charge in [-0.2, -0.15) is 0 Å². The number of anilines is 1. The van der Waals surface area contributed by atoms with Crippen molar-refractivity contribution in [3.63, 3.8) is 0 Å². The van der Waals surface area contributed by atoms with Gasteiger partial charge in [-0.05, 0) is 31.5 Å². The highest BCUT2D eigenvalue weighted by Crippen LogP contribution is 2.32. The first-order valence-corrected chi connectivity index (χ1v) is 8.92. The number of carbonyl (C=O) groups is 1. The Hall–Kier alpha value is -2.48. The number of aromatic nitrogens is 2. The van der Waals surface area contributed by atoms with Crippen molar-refractivity contribution in [1.82, 2.24) is 15.3 Å². The Balaban J connectivity index is 1.57. The van der Waals surface area contributed by atoms with Crippen molar-refractivity contribution in [2.75, 3.05) is 24.7 Å². The fourth-order valence-electron chi connectivity index (χ4n) is 2.46. The van der Waals surface area contributed by atoms with Crippen LogP contribution in [-0.2, 0) is 4.79 Å². The first-order chi connectivity index (χ1) is 12.0. The molecule has 1 aliphatic heterocycles. The summed E-state index contributed by atoms with van der Waals surface area (Å²) in [6.07, 6.45) is 0. The maximum atomic E-state index is 12.2. The van der Waals surface area contributed by atoms with Gasteiger partial charge in [0.05, 0.1) is 11.8 Å². The average Bonchev–Trinajstić information content (AvgIpc) is 2.58. The summed E-state index contributed by atoms with van der Waals surface area (Å²) in [6.45, 7) is 4.86. The molecule has 0 unspecified atom stereocenters. The predicted octanol–water partition coefficient (Wildman–Crippen LogP) is 2.11. The molecule has 8 heteroatoms. The van der Waals surface area contributed by atoms with Crippen LogP contribution in [0.1, 0.15) is 24.2 Å². The van der Waals surface area contributed by atoms with Crippen LogP contribution in [0.5, 0.6) is 11.5 Å². The molecule has 0 bridgehead atoms. The van der Waals surface area contributed by atoms with Crippen LogP contribution in [0.4, 0.5) is 5.82 Å². The highest BCUT2D eigenvalue weighted by atomic mass is 32.2. The number of rotatable bonds is 5. The molecule has 1 atom stereocenters. The van der Waals surface area contributed by atoms with Crippen molar-refractivity contribution in [1.29, 1.82) is 0 Å². The number of fused-ring (bicyclic) bond motifs is 1. The van der Waals surface area contributed by atoms with Crippen molar-refractivity contribution in [2.24, 2.45) is 0 Å². The van der Waals surface area contributed by atoms with Crippen molar-refractivity contribution in [3.05, 3.63) is 35.5 Å². The van der Waals surface area contributed by atoms with Gasteiger partial charge in [-0.25, -0.2) is 9.97 Å². The van der Waals surface area contributed by atoms with Gasteiger partial charge in [0.1, 0.15) is 19.0 Å². The number of ether oxygens (including phenoxy) is 2. The zero-order chi connectivity index (χ0) is 17.8. The molecule has 0 spiro atoms. The number of nitrogens with zero attached hydrogens (tertiary/aromatic N) is 2. The van der Waals surface area contributed by atoms with Crippen LogP contribution < -0.4 is 20.5 Å². The second-order valence-corrected chi connectivity index (χ2v) is 6.64. The van der Waals surface area contributed by atoms with Crippen LogP contribution in [0.25, 0.3) is 0 Å². The lowest BCUT2D eigenvalue weighted by Gasteiger charge is -2.21. The number of nitrogens with one attached hydrogen (secondary N) is 1. The summed E-state index contributed by atoms with van der Waals surface area (Å²) < 4.78 is 11.1. The van der Waals surface area contributed by atoms with Gasteiger partial charge in [0.25, 0.3) is 0 Å².